The summed E-state index contributed by atoms with van der Waals surface area (Å²) < 4.78 is 5.05. The molecule has 2 N–H and O–H groups in total. The second-order valence-electron chi connectivity index (χ2n) is 4.07. The third-order valence-corrected chi connectivity index (χ3v) is 3.00. The van der Waals surface area contributed by atoms with Gasteiger partial charge in [0, 0.05) is 17.5 Å². The molecule has 0 heterocycles. The average Bonchev–Trinajstić information content (AvgIpc) is 2.42. The van der Waals surface area contributed by atoms with E-state index in [1.165, 1.54) is 0 Å². The summed E-state index contributed by atoms with van der Waals surface area (Å²) in [6.07, 6.45) is 0. The highest BCUT2D eigenvalue weighted by molar-refractivity contribution is 5.45. The van der Waals surface area contributed by atoms with E-state index in [1.54, 1.807) is 25.3 Å². The Labute approximate surface area is 106 Å². The van der Waals surface area contributed by atoms with Gasteiger partial charge in [0.15, 0.2) is 0 Å². The molecule has 0 saturated heterocycles. The summed E-state index contributed by atoms with van der Waals surface area (Å²) in [5.41, 5.74) is 1.67. The lowest BCUT2D eigenvalue weighted by atomic mass is 9.91. The fourth-order valence-corrected chi connectivity index (χ4v) is 2.01. The van der Waals surface area contributed by atoms with E-state index in [4.69, 9.17) is 4.74 Å². The Kier molecular flexibility index (Phi) is 3.85. The van der Waals surface area contributed by atoms with Crippen molar-refractivity contribution >= 4 is 0 Å². The number of rotatable bonds is 4. The number of phenolic OH excluding ortho intramolecular Hbond substituents is 1. The van der Waals surface area contributed by atoms with Crippen LogP contribution in [0.4, 0.5) is 0 Å². The monoisotopic (exact) mass is 244 g/mol. The van der Waals surface area contributed by atoms with Gasteiger partial charge in [0.25, 0.3) is 0 Å². The Hall–Kier alpha value is -2.00. The molecule has 0 radical (unpaired) electrons. The first-order valence-corrected chi connectivity index (χ1v) is 5.79. The van der Waals surface area contributed by atoms with E-state index in [9.17, 15) is 10.2 Å². The molecule has 18 heavy (non-hydrogen) atoms. The van der Waals surface area contributed by atoms with Crippen molar-refractivity contribution < 1.29 is 14.9 Å². The fourth-order valence-electron chi connectivity index (χ4n) is 2.01. The maximum absolute atomic E-state index is 9.99. The van der Waals surface area contributed by atoms with Crippen LogP contribution in [-0.2, 0) is 0 Å². The minimum absolute atomic E-state index is 0.0517. The Morgan fingerprint density at radius 3 is 2.39 bits per heavy atom. The molecule has 0 spiro atoms. The molecule has 0 aromatic heterocycles. The number of ether oxygens (including phenoxy) is 1. The van der Waals surface area contributed by atoms with Crippen molar-refractivity contribution in [1.82, 2.24) is 0 Å². The Morgan fingerprint density at radius 2 is 1.83 bits per heavy atom. The zero-order valence-electron chi connectivity index (χ0n) is 10.2. The molecule has 1 atom stereocenters. The van der Waals surface area contributed by atoms with E-state index >= 15 is 0 Å². The third-order valence-electron chi connectivity index (χ3n) is 3.00. The molecule has 0 bridgehead atoms. The first-order valence-electron chi connectivity index (χ1n) is 5.79. The molecule has 1 unspecified atom stereocenters. The van der Waals surface area contributed by atoms with Gasteiger partial charge in [-0.15, -0.1) is 0 Å². The van der Waals surface area contributed by atoms with Crippen LogP contribution < -0.4 is 4.74 Å². The average molecular weight is 244 g/mol. The van der Waals surface area contributed by atoms with Crippen LogP contribution >= 0.6 is 0 Å². The summed E-state index contributed by atoms with van der Waals surface area (Å²) in [5.74, 6) is 0.510. The molecule has 2 rings (SSSR count). The lowest BCUT2D eigenvalue weighted by molar-refractivity contribution is 0.278. The molecule has 0 aliphatic rings. The van der Waals surface area contributed by atoms with Crippen molar-refractivity contribution in [3.8, 4) is 11.5 Å². The Balaban J connectivity index is 2.39. The second-order valence-corrected chi connectivity index (χ2v) is 4.07. The van der Waals surface area contributed by atoms with Crippen LogP contribution in [-0.4, -0.2) is 23.9 Å². The normalized spacial score (nSPS) is 12.1. The van der Waals surface area contributed by atoms with Gasteiger partial charge >= 0.3 is 0 Å². The molecular formula is C15H16O3. The number of aliphatic hydroxyl groups excluding tert-OH is 1. The van der Waals surface area contributed by atoms with Crippen LogP contribution in [0.2, 0.25) is 0 Å². The lowest BCUT2D eigenvalue weighted by Crippen LogP contribution is -2.06. The minimum Gasteiger partial charge on any atom is -0.508 e. The van der Waals surface area contributed by atoms with Gasteiger partial charge in [0.05, 0.1) is 13.7 Å². The Morgan fingerprint density at radius 1 is 1.11 bits per heavy atom. The van der Waals surface area contributed by atoms with Gasteiger partial charge in [-0.2, -0.15) is 0 Å². The summed E-state index contributed by atoms with van der Waals surface area (Å²) in [6, 6.07) is 14.7. The molecule has 2 aromatic carbocycles. The van der Waals surface area contributed by atoms with Gasteiger partial charge in [-0.25, -0.2) is 0 Å². The largest absolute Gasteiger partial charge is 0.508 e. The van der Waals surface area contributed by atoms with Crippen molar-refractivity contribution in [2.24, 2.45) is 0 Å². The predicted octanol–water partition coefficient (Wildman–Crippen LogP) is 2.53. The maximum Gasteiger partial charge on any atom is 0.123 e. The first kappa shape index (κ1) is 12.5. The number of aromatic hydroxyl groups is 1. The van der Waals surface area contributed by atoms with Crippen molar-refractivity contribution in [2.45, 2.75) is 5.92 Å². The molecule has 0 aliphatic heterocycles. The molecule has 3 heteroatoms. The van der Waals surface area contributed by atoms with Gasteiger partial charge in [-0.3, -0.25) is 0 Å². The van der Waals surface area contributed by atoms with Crippen molar-refractivity contribution in [1.29, 1.82) is 0 Å². The zero-order valence-corrected chi connectivity index (χ0v) is 10.2. The lowest BCUT2D eigenvalue weighted by Gasteiger charge is -2.17. The summed E-state index contributed by atoms with van der Waals surface area (Å²) in [7, 11) is 1.55. The van der Waals surface area contributed by atoms with Gasteiger partial charge in [-0.05, 0) is 11.6 Å². The fraction of sp³-hybridized carbons (Fsp3) is 0.200. The second kappa shape index (κ2) is 5.56. The molecule has 0 saturated carbocycles. The van der Waals surface area contributed by atoms with E-state index in [0.29, 0.717) is 11.3 Å². The smallest absolute Gasteiger partial charge is 0.123 e. The third kappa shape index (κ3) is 2.46. The van der Waals surface area contributed by atoms with E-state index in [0.717, 1.165) is 5.56 Å². The van der Waals surface area contributed by atoms with Crippen molar-refractivity contribution in [2.75, 3.05) is 13.7 Å². The van der Waals surface area contributed by atoms with Gasteiger partial charge in [0.2, 0.25) is 0 Å². The van der Waals surface area contributed by atoms with Crippen LogP contribution in [0.5, 0.6) is 11.5 Å². The number of phenols is 1. The topological polar surface area (TPSA) is 49.7 Å². The van der Waals surface area contributed by atoms with E-state index in [2.05, 4.69) is 0 Å². The molecule has 2 aromatic rings. The van der Waals surface area contributed by atoms with E-state index < -0.39 is 0 Å². The Bertz CT molecular complexity index is 508. The van der Waals surface area contributed by atoms with Crippen LogP contribution in [0.15, 0.2) is 48.5 Å². The maximum atomic E-state index is 9.99. The van der Waals surface area contributed by atoms with Crippen LogP contribution in [0.3, 0.4) is 0 Å². The van der Waals surface area contributed by atoms with Crippen molar-refractivity contribution in [3.05, 3.63) is 59.7 Å². The predicted molar refractivity (Wildman–Crippen MR) is 70.0 cm³/mol. The van der Waals surface area contributed by atoms with Crippen LogP contribution in [0.25, 0.3) is 0 Å². The van der Waals surface area contributed by atoms with E-state index in [-0.39, 0.29) is 18.3 Å². The molecule has 0 aliphatic carbocycles. The minimum atomic E-state index is -0.225. The van der Waals surface area contributed by atoms with E-state index in [1.807, 2.05) is 30.3 Å². The molecule has 94 valence electrons. The summed E-state index contributed by atoms with van der Waals surface area (Å²) in [6.45, 7) is -0.0517. The van der Waals surface area contributed by atoms with Crippen LogP contribution in [0.1, 0.15) is 17.0 Å². The molecule has 0 amide bonds. The standard InChI is InChI=1S/C15H16O3/c1-18-12-7-8-13(15(17)9-12)14(10-16)11-5-3-2-4-6-11/h2-9,14,16-17H,10H2,1H3. The highest BCUT2D eigenvalue weighted by Crippen LogP contribution is 2.33. The highest BCUT2D eigenvalue weighted by Gasteiger charge is 2.16. The summed E-state index contributed by atoms with van der Waals surface area (Å²) >= 11 is 0. The summed E-state index contributed by atoms with van der Waals surface area (Å²) in [5, 5.41) is 19.5. The van der Waals surface area contributed by atoms with Gasteiger partial charge in [0.1, 0.15) is 11.5 Å². The number of methoxy groups -OCH3 is 1. The molecular weight excluding hydrogens is 228 g/mol. The molecule has 3 nitrogen and oxygen atoms in total. The van der Waals surface area contributed by atoms with Gasteiger partial charge < -0.3 is 14.9 Å². The van der Waals surface area contributed by atoms with Gasteiger partial charge in [-0.1, -0.05) is 36.4 Å². The number of aliphatic hydroxyl groups is 1. The van der Waals surface area contributed by atoms with Crippen molar-refractivity contribution in [3.63, 3.8) is 0 Å². The number of hydrogen-bond donors (Lipinski definition) is 2. The van der Waals surface area contributed by atoms with Crippen LogP contribution in [0, 0.1) is 0 Å². The zero-order chi connectivity index (χ0) is 13.0. The number of hydrogen-bond acceptors (Lipinski definition) is 3. The SMILES string of the molecule is COc1ccc(C(CO)c2ccccc2)c(O)c1. The first-order chi connectivity index (χ1) is 8.76. The highest BCUT2D eigenvalue weighted by atomic mass is 16.5. The quantitative estimate of drug-likeness (QED) is 0.869. The number of benzene rings is 2. The summed E-state index contributed by atoms with van der Waals surface area (Å²) in [4.78, 5) is 0. The molecule has 0 fully saturated rings.